The Morgan fingerprint density at radius 3 is 2.50 bits per heavy atom. The van der Waals surface area contributed by atoms with Crippen LogP contribution < -0.4 is 5.32 Å². The van der Waals surface area contributed by atoms with Gasteiger partial charge in [-0.1, -0.05) is 35.9 Å². The Hall–Kier alpha value is -3.45. The van der Waals surface area contributed by atoms with E-state index in [4.69, 9.17) is 16.3 Å². The van der Waals surface area contributed by atoms with Crippen molar-refractivity contribution in [3.8, 4) is 0 Å². The Morgan fingerprint density at radius 1 is 1.15 bits per heavy atom. The number of nitro benzene ring substituents is 1. The summed E-state index contributed by atoms with van der Waals surface area (Å²) in [7, 11) is 0. The smallest absolute Gasteiger partial charge is 0.337 e. The van der Waals surface area contributed by atoms with Gasteiger partial charge in [-0.2, -0.15) is 0 Å². The first-order valence-corrected chi connectivity index (χ1v) is 11.5. The fraction of sp³-hybridized carbons (Fsp3) is 0.308. The Balaban J connectivity index is 1.82. The predicted molar refractivity (Wildman–Crippen MR) is 128 cm³/mol. The van der Waals surface area contributed by atoms with Crippen molar-refractivity contribution in [3.63, 3.8) is 0 Å². The van der Waals surface area contributed by atoms with E-state index < -0.39 is 16.8 Å². The summed E-state index contributed by atoms with van der Waals surface area (Å²) in [6.45, 7) is 5.26. The van der Waals surface area contributed by atoms with Crippen LogP contribution in [0.25, 0.3) is 0 Å². The summed E-state index contributed by atoms with van der Waals surface area (Å²) < 4.78 is 5.49. The Labute approximate surface area is 202 Å². The number of carbonyl (C=O) groups is 2. The molecule has 2 aromatic carbocycles. The maximum atomic E-state index is 13.5. The van der Waals surface area contributed by atoms with Gasteiger partial charge in [-0.25, -0.2) is 4.79 Å². The van der Waals surface area contributed by atoms with Crippen LogP contribution in [-0.4, -0.2) is 22.8 Å². The van der Waals surface area contributed by atoms with Gasteiger partial charge in [-0.05, 0) is 56.4 Å². The maximum Gasteiger partial charge on any atom is 0.337 e. The van der Waals surface area contributed by atoms with E-state index in [0.29, 0.717) is 33.9 Å². The molecule has 34 heavy (non-hydrogen) atoms. The van der Waals surface area contributed by atoms with Crippen molar-refractivity contribution < 1.29 is 19.2 Å². The average Bonchev–Trinajstić information content (AvgIpc) is 2.78. The van der Waals surface area contributed by atoms with Crippen LogP contribution in [0.2, 0.25) is 5.02 Å². The van der Waals surface area contributed by atoms with Gasteiger partial charge >= 0.3 is 5.97 Å². The summed E-state index contributed by atoms with van der Waals surface area (Å²) in [5.41, 5.74) is 3.48. The number of allylic oxidation sites excluding steroid dienone is 3. The van der Waals surface area contributed by atoms with Crippen LogP contribution >= 0.6 is 11.6 Å². The standard InChI is InChI=1S/C26H25ClN2O5/c1-14(2)34-26(31)23-15(3)28-21-12-18(16-7-9-19(27)10-8-16)13-22(30)25(21)24(23)17-5-4-6-20(11-17)29(32)33/h4-11,14,18,24,28H,12-13H2,1-3H3. The van der Waals surface area contributed by atoms with Crippen LogP contribution in [-0.2, 0) is 14.3 Å². The number of hydrogen-bond donors (Lipinski definition) is 1. The highest BCUT2D eigenvalue weighted by Gasteiger charge is 2.41. The highest BCUT2D eigenvalue weighted by atomic mass is 35.5. The number of nitro groups is 1. The normalized spacial score (nSPS) is 20.2. The van der Waals surface area contributed by atoms with Gasteiger partial charge in [-0.3, -0.25) is 14.9 Å². The van der Waals surface area contributed by atoms with Gasteiger partial charge in [-0.15, -0.1) is 0 Å². The van der Waals surface area contributed by atoms with Crippen LogP contribution in [0.3, 0.4) is 0 Å². The molecular formula is C26H25ClN2O5. The van der Waals surface area contributed by atoms with Crippen LogP contribution in [0.15, 0.2) is 71.1 Å². The molecule has 2 unspecified atom stereocenters. The van der Waals surface area contributed by atoms with Gasteiger partial charge in [0.2, 0.25) is 0 Å². The van der Waals surface area contributed by atoms with Gasteiger partial charge in [0, 0.05) is 46.5 Å². The first-order valence-electron chi connectivity index (χ1n) is 11.1. The summed E-state index contributed by atoms with van der Waals surface area (Å²) in [6, 6.07) is 13.5. The second-order valence-electron chi connectivity index (χ2n) is 8.87. The molecule has 0 saturated heterocycles. The number of rotatable bonds is 5. The number of esters is 1. The Kier molecular flexibility index (Phi) is 6.57. The summed E-state index contributed by atoms with van der Waals surface area (Å²) >= 11 is 6.03. The van der Waals surface area contributed by atoms with Crippen LogP contribution in [0.5, 0.6) is 0 Å². The topological polar surface area (TPSA) is 98.5 Å². The quantitative estimate of drug-likeness (QED) is 0.341. The number of nitrogens with one attached hydrogen (secondary N) is 1. The lowest BCUT2D eigenvalue weighted by molar-refractivity contribution is -0.384. The van der Waals surface area contributed by atoms with Crippen molar-refractivity contribution in [2.75, 3.05) is 0 Å². The zero-order valence-corrected chi connectivity index (χ0v) is 19.9. The summed E-state index contributed by atoms with van der Waals surface area (Å²) in [6.07, 6.45) is 0.474. The fourth-order valence-electron chi connectivity index (χ4n) is 4.71. The number of non-ortho nitro benzene ring substituents is 1. The Morgan fingerprint density at radius 2 is 1.85 bits per heavy atom. The van der Waals surface area contributed by atoms with Crippen LogP contribution in [0.4, 0.5) is 5.69 Å². The molecule has 1 N–H and O–H groups in total. The molecule has 1 heterocycles. The summed E-state index contributed by atoms with van der Waals surface area (Å²) in [5.74, 6) is -1.44. The lowest BCUT2D eigenvalue weighted by Crippen LogP contribution is -2.36. The molecule has 0 bridgehead atoms. The van der Waals surface area contributed by atoms with E-state index in [-0.39, 0.29) is 29.9 Å². The molecule has 2 atom stereocenters. The van der Waals surface area contributed by atoms with Crippen molar-refractivity contribution in [1.29, 1.82) is 0 Å². The molecule has 4 rings (SSSR count). The largest absolute Gasteiger partial charge is 0.460 e. The molecule has 0 spiro atoms. The highest BCUT2D eigenvalue weighted by Crippen LogP contribution is 2.46. The van der Waals surface area contributed by atoms with Gasteiger partial charge in [0.05, 0.1) is 16.6 Å². The highest BCUT2D eigenvalue weighted by molar-refractivity contribution is 6.30. The second-order valence-corrected chi connectivity index (χ2v) is 9.31. The van der Waals surface area contributed by atoms with E-state index in [1.807, 2.05) is 12.1 Å². The molecule has 1 aliphatic carbocycles. The molecule has 0 aromatic heterocycles. The van der Waals surface area contributed by atoms with Crippen molar-refractivity contribution in [3.05, 3.63) is 97.3 Å². The van der Waals surface area contributed by atoms with E-state index >= 15 is 0 Å². The number of ether oxygens (including phenoxy) is 1. The number of nitrogens with zero attached hydrogens (tertiary/aromatic N) is 1. The number of ketones is 1. The van der Waals surface area contributed by atoms with Crippen LogP contribution in [0, 0.1) is 10.1 Å². The number of carbonyl (C=O) groups excluding carboxylic acids is 2. The molecule has 2 aliphatic rings. The monoisotopic (exact) mass is 480 g/mol. The van der Waals surface area contributed by atoms with Gasteiger partial charge in [0.1, 0.15) is 0 Å². The zero-order valence-electron chi connectivity index (χ0n) is 19.1. The third-order valence-corrected chi connectivity index (χ3v) is 6.40. The number of benzene rings is 2. The minimum Gasteiger partial charge on any atom is -0.460 e. The zero-order chi connectivity index (χ0) is 24.6. The summed E-state index contributed by atoms with van der Waals surface area (Å²) in [4.78, 5) is 37.6. The molecule has 7 nitrogen and oxygen atoms in total. The Bertz CT molecular complexity index is 1230. The molecule has 2 aromatic rings. The molecule has 0 fully saturated rings. The molecule has 1 aliphatic heterocycles. The maximum absolute atomic E-state index is 13.5. The van der Waals surface area contributed by atoms with Crippen molar-refractivity contribution in [2.45, 2.75) is 51.6 Å². The summed E-state index contributed by atoms with van der Waals surface area (Å²) in [5, 5.41) is 15.3. The SMILES string of the molecule is CC1=C(C(=O)OC(C)C)C(c2cccc([N+](=O)[O-])c2)C2=C(CC(c3ccc(Cl)cc3)CC2=O)N1. The van der Waals surface area contributed by atoms with E-state index in [9.17, 15) is 19.7 Å². The lowest BCUT2D eigenvalue weighted by Gasteiger charge is -2.36. The van der Waals surface area contributed by atoms with Gasteiger partial charge in [0.25, 0.3) is 5.69 Å². The van der Waals surface area contributed by atoms with E-state index in [1.54, 1.807) is 45.0 Å². The lowest BCUT2D eigenvalue weighted by atomic mass is 9.71. The third kappa shape index (κ3) is 4.61. The average molecular weight is 481 g/mol. The van der Waals surface area contributed by atoms with Gasteiger partial charge < -0.3 is 10.1 Å². The molecular weight excluding hydrogens is 456 g/mol. The van der Waals surface area contributed by atoms with Crippen molar-refractivity contribution >= 4 is 29.0 Å². The molecule has 8 heteroatoms. The molecule has 0 amide bonds. The molecule has 176 valence electrons. The third-order valence-electron chi connectivity index (χ3n) is 6.15. The minimum atomic E-state index is -0.749. The number of halogens is 1. The molecule has 0 radical (unpaired) electrons. The van der Waals surface area contributed by atoms with Crippen molar-refractivity contribution in [1.82, 2.24) is 5.32 Å². The van der Waals surface area contributed by atoms with E-state index in [0.717, 1.165) is 11.3 Å². The van der Waals surface area contributed by atoms with Crippen LogP contribution in [0.1, 0.15) is 56.6 Å². The number of Topliss-reactive ketones (excluding diaryl/α,β-unsaturated/α-hetero) is 1. The predicted octanol–water partition coefficient (Wildman–Crippen LogP) is 5.56. The fourth-order valence-corrected chi connectivity index (χ4v) is 4.84. The minimum absolute atomic E-state index is 0.0428. The molecule has 0 saturated carbocycles. The van der Waals surface area contributed by atoms with E-state index in [1.165, 1.54) is 12.1 Å². The van der Waals surface area contributed by atoms with Gasteiger partial charge in [0.15, 0.2) is 5.78 Å². The first-order chi connectivity index (χ1) is 16.2. The number of hydrogen-bond acceptors (Lipinski definition) is 6. The van der Waals surface area contributed by atoms with Crippen molar-refractivity contribution in [2.24, 2.45) is 0 Å². The number of dihydropyridines is 1. The van der Waals surface area contributed by atoms with E-state index in [2.05, 4.69) is 5.32 Å². The second kappa shape index (κ2) is 9.43. The first kappa shape index (κ1) is 23.7.